The summed E-state index contributed by atoms with van der Waals surface area (Å²) in [5, 5.41) is 9.75. The summed E-state index contributed by atoms with van der Waals surface area (Å²) in [6.07, 6.45) is 0. The first-order chi connectivity index (χ1) is 10.8. The van der Waals surface area contributed by atoms with Crippen molar-refractivity contribution in [1.29, 1.82) is 0 Å². The second kappa shape index (κ2) is 7.02. The summed E-state index contributed by atoms with van der Waals surface area (Å²) in [5.41, 5.74) is 0.779. The lowest BCUT2D eigenvalue weighted by Crippen LogP contribution is -2.26. The standard InChI is InChI=1S/C13H16N4O4S2/c1-8(10-4-6-11(21-3)7-5-10)17-23(19,20)13-16-15-12(22-13)14-9(2)18/h4-8,17H,1-3H3,(H,14,15,18). The molecule has 0 fully saturated rings. The molecule has 0 saturated heterocycles. The SMILES string of the molecule is COc1ccc(C(C)NS(=O)(=O)c2nnc(NC(C)=O)s2)cc1. The molecular formula is C13H16N4O4S2. The van der Waals surface area contributed by atoms with Crippen LogP contribution in [0.1, 0.15) is 25.5 Å². The Kier molecular flexibility index (Phi) is 5.29. The van der Waals surface area contributed by atoms with Gasteiger partial charge in [-0.3, -0.25) is 4.79 Å². The van der Waals surface area contributed by atoms with E-state index in [2.05, 4.69) is 20.2 Å². The first-order valence-corrected chi connectivity index (χ1v) is 8.89. The quantitative estimate of drug-likeness (QED) is 0.760. The van der Waals surface area contributed by atoms with Gasteiger partial charge >= 0.3 is 0 Å². The fourth-order valence-corrected chi connectivity index (χ4v) is 3.96. The van der Waals surface area contributed by atoms with Gasteiger partial charge in [-0.15, -0.1) is 10.2 Å². The van der Waals surface area contributed by atoms with E-state index in [4.69, 9.17) is 4.74 Å². The van der Waals surface area contributed by atoms with Crippen LogP contribution in [0.3, 0.4) is 0 Å². The molecule has 2 aromatic rings. The molecule has 1 atom stereocenters. The van der Waals surface area contributed by atoms with E-state index in [1.807, 2.05) is 0 Å². The number of nitrogens with one attached hydrogen (secondary N) is 2. The van der Waals surface area contributed by atoms with Crippen molar-refractivity contribution in [2.45, 2.75) is 24.2 Å². The van der Waals surface area contributed by atoms with Crippen LogP contribution in [0.15, 0.2) is 28.6 Å². The van der Waals surface area contributed by atoms with E-state index in [-0.39, 0.29) is 15.4 Å². The van der Waals surface area contributed by atoms with Gasteiger partial charge in [0.05, 0.1) is 7.11 Å². The van der Waals surface area contributed by atoms with Gasteiger partial charge in [-0.05, 0) is 24.6 Å². The third kappa shape index (κ3) is 4.47. The maximum Gasteiger partial charge on any atom is 0.270 e. The summed E-state index contributed by atoms with van der Waals surface area (Å²) in [6.45, 7) is 3.02. The Labute approximate surface area is 137 Å². The molecule has 0 aliphatic rings. The fraction of sp³-hybridized carbons (Fsp3) is 0.308. The molecule has 0 aliphatic carbocycles. The Balaban J connectivity index is 2.13. The summed E-state index contributed by atoms with van der Waals surface area (Å²) < 4.78 is 32.0. The van der Waals surface area contributed by atoms with Gasteiger partial charge in [-0.2, -0.15) is 0 Å². The largest absolute Gasteiger partial charge is 0.497 e. The maximum absolute atomic E-state index is 12.3. The summed E-state index contributed by atoms with van der Waals surface area (Å²) in [5.74, 6) is 0.345. The summed E-state index contributed by atoms with van der Waals surface area (Å²) in [7, 11) is -2.27. The van der Waals surface area contributed by atoms with Crippen molar-refractivity contribution in [2.24, 2.45) is 0 Å². The van der Waals surface area contributed by atoms with Crippen LogP contribution in [0.5, 0.6) is 5.75 Å². The molecule has 1 aromatic heterocycles. The number of nitrogens with zero attached hydrogens (tertiary/aromatic N) is 2. The lowest BCUT2D eigenvalue weighted by atomic mass is 10.1. The lowest BCUT2D eigenvalue weighted by molar-refractivity contribution is -0.114. The van der Waals surface area contributed by atoms with Gasteiger partial charge in [-0.1, -0.05) is 23.5 Å². The van der Waals surface area contributed by atoms with Gasteiger partial charge in [-0.25, -0.2) is 13.1 Å². The summed E-state index contributed by atoms with van der Waals surface area (Å²) in [4.78, 5) is 10.9. The predicted molar refractivity (Wildman–Crippen MR) is 85.9 cm³/mol. The van der Waals surface area contributed by atoms with Crippen molar-refractivity contribution >= 4 is 32.4 Å². The van der Waals surface area contributed by atoms with Crippen molar-refractivity contribution in [3.63, 3.8) is 0 Å². The van der Waals surface area contributed by atoms with E-state index in [1.165, 1.54) is 6.92 Å². The average molecular weight is 356 g/mol. The van der Waals surface area contributed by atoms with E-state index in [9.17, 15) is 13.2 Å². The third-order valence-electron chi connectivity index (χ3n) is 2.87. The van der Waals surface area contributed by atoms with Crippen LogP contribution in [0, 0.1) is 0 Å². The highest BCUT2D eigenvalue weighted by atomic mass is 32.2. The lowest BCUT2D eigenvalue weighted by Gasteiger charge is -2.13. The van der Waals surface area contributed by atoms with Crippen LogP contribution in [-0.4, -0.2) is 31.6 Å². The van der Waals surface area contributed by atoms with E-state index in [1.54, 1.807) is 38.3 Å². The van der Waals surface area contributed by atoms with E-state index < -0.39 is 16.1 Å². The molecule has 2 N–H and O–H groups in total. The number of ether oxygens (including phenoxy) is 1. The number of amides is 1. The minimum absolute atomic E-state index is 0.134. The number of benzene rings is 1. The molecule has 1 amide bonds. The molecule has 0 spiro atoms. The van der Waals surface area contributed by atoms with Gasteiger partial charge in [0.2, 0.25) is 15.4 Å². The molecule has 124 valence electrons. The molecule has 1 unspecified atom stereocenters. The molecule has 2 rings (SSSR count). The first-order valence-electron chi connectivity index (χ1n) is 6.59. The Morgan fingerprint density at radius 1 is 1.26 bits per heavy atom. The van der Waals surface area contributed by atoms with Crippen LogP contribution in [0.25, 0.3) is 0 Å². The molecule has 0 saturated carbocycles. The number of carbonyl (C=O) groups excluding carboxylic acids is 1. The molecule has 1 heterocycles. The molecule has 1 aromatic carbocycles. The van der Waals surface area contributed by atoms with Crippen LogP contribution in [-0.2, 0) is 14.8 Å². The van der Waals surface area contributed by atoms with Crippen molar-refractivity contribution in [3.8, 4) is 5.75 Å². The molecule has 8 nitrogen and oxygen atoms in total. The van der Waals surface area contributed by atoms with Gasteiger partial charge in [0.1, 0.15) is 5.75 Å². The number of methoxy groups -OCH3 is 1. The van der Waals surface area contributed by atoms with Crippen LogP contribution >= 0.6 is 11.3 Å². The number of rotatable bonds is 6. The minimum atomic E-state index is -3.83. The number of carbonyl (C=O) groups is 1. The Bertz CT molecular complexity index is 787. The molecule has 10 heteroatoms. The van der Waals surface area contributed by atoms with Crippen LogP contribution < -0.4 is 14.8 Å². The van der Waals surface area contributed by atoms with E-state index in [0.717, 1.165) is 16.9 Å². The van der Waals surface area contributed by atoms with Gasteiger partial charge < -0.3 is 10.1 Å². The fourth-order valence-electron chi connectivity index (χ4n) is 1.76. The van der Waals surface area contributed by atoms with E-state index in [0.29, 0.717) is 5.75 Å². The molecule has 23 heavy (non-hydrogen) atoms. The highest BCUT2D eigenvalue weighted by Crippen LogP contribution is 2.23. The zero-order valence-electron chi connectivity index (χ0n) is 12.7. The Morgan fingerprint density at radius 3 is 2.48 bits per heavy atom. The van der Waals surface area contributed by atoms with Gasteiger partial charge in [0.15, 0.2) is 0 Å². The zero-order chi connectivity index (χ0) is 17.0. The number of aromatic nitrogens is 2. The highest BCUT2D eigenvalue weighted by molar-refractivity contribution is 7.91. The smallest absolute Gasteiger partial charge is 0.270 e. The normalized spacial score (nSPS) is 12.7. The maximum atomic E-state index is 12.3. The van der Waals surface area contributed by atoms with Crippen LogP contribution in [0.4, 0.5) is 5.13 Å². The zero-order valence-corrected chi connectivity index (χ0v) is 14.4. The van der Waals surface area contributed by atoms with Crippen molar-refractivity contribution in [2.75, 3.05) is 12.4 Å². The van der Waals surface area contributed by atoms with Gasteiger partial charge in [0, 0.05) is 13.0 Å². The molecular weight excluding hydrogens is 340 g/mol. The molecule has 0 radical (unpaired) electrons. The highest BCUT2D eigenvalue weighted by Gasteiger charge is 2.23. The average Bonchev–Trinajstić information content (AvgIpc) is 2.95. The Hall–Kier alpha value is -2.04. The second-order valence-corrected chi connectivity index (χ2v) is 7.54. The number of hydrogen-bond acceptors (Lipinski definition) is 7. The first kappa shape index (κ1) is 17.3. The number of anilines is 1. The molecule has 0 bridgehead atoms. The van der Waals surface area contributed by atoms with E-state index >= 15 is 0 Å². The topological polar surface area (TPSA) is 110 Å². The second-order valence-electron chi connectivity index (χ2n) is 4.67. The monoisotopic (exact) mass is 356 g/mol. The number of hydrogen-bond donors (Lipinski definition) is 2. The third-order valence-corrected chi connectivity index (χ3v) is 5.61. The van der Waals surface area contributed by atoms with Gasteiger partial charge in [0.25, 0.3) is 10.0 Å². The summed E-state index contributed by atoms with van der Waals surface area (Å²) in [6, 6.07) is 6.59. The predicted octanol–water partition coefficient (Wildman–Crippen LogP) is 1.54. The minimum Gasteiger partial charge on any atom is -0.497 e. The van der Waals surface area contributed by atoms with Crippen molar-refractivity contribution in [1.82, 2.24) is 14.9 Å². The summed E-state index contributed by atoms with van der Waals surface area (Å²) >= 11 is 0.787. The van der Waals surface area contributed by atoms with Crippen molar-refractivity contribution in [3.05, 3.63) is 29.8 Å². The Morgan fingerprint density at radius 2 is 1.91 bits per heavy atom. The number of sulfonamides is 1. The van der Waals surface area contributed by atoms with Crippen LogP contribution in [0.2, 0.25) is 0 Å². The van der Waals surface area contributed by atoms with Crippen molar-refractivity contribution < 1.29 is 17.9 Å². The molecule has 0 aliphatic heterocycles.